The Bertz CT molecular complexity index is 184. The van der Waals surface area contributed by atoms with Crippen LogP contribution in [-0.4, -0.2) is 27.8 Å². The minimum absolute atomic E-state index is 0.310. The maximum atomic E-state index is 12.3. The fourth-order valence-electron chi connectivity index (χ4n) is 1.90. The van der Waals surface area contributed by atoms with Crippen LogP contribution in [0.3, 0.4) is 0 Å². The van der Waals surface area contributed by atoms with Gasteiger partial charge in [0.2, 0.25) is 0 Å². The molecular formula is C12H27NOS. The second-order valence-electron chi connectivity index (χ2n) is 4.18. The molecule has 0 radical (unpaired) electrons. The molecule has 3 heteroatoms. The second-order valence-corrected chi connectivity index (χ2v) is 6.25. The molecule has 0 aromatic heterocycles. The standard InChI is InChI=1S/C12H27NOS/c1-6-9-11(13-5)12(8-3)15(14)10(4)7-2/h10-13H,6-9H2,1-5H3. The highest BCUT2D eigenvalue weighted by molar-refractivity contribution is 7.86. The predicted octanol–water partition coefficient (Wildman–Crippen LogP) is 2.70. The highest BCUT2D eigenvalue weighted by atomic mass is 32.2. The van der Waals surface area contributed by atoms with Crippen LogP contribution in [0.25, 0.3) is 0 Å². The molecule has 0 heterocycles. The lowest BCUT2D eigenvalue weighted by Gasteiger charge is -2.27. The molecule has 0 aliphatic carbocycles. The third-order valence-corrected chi connectivity index (χ3v) is 5.48. The van der Waals surface area contributed by atoms with Crippen LogP contribution in [0.1, 0.15) is 53.4 Å². The highest BCUT2D eigenvalue weighted by Crippen LogP contribution is 2.17. The number of nitrogens with one attached hydrogen (secondary N) is 1. The summed E-state index contributed by atoms with van der Waals surface area (Å²) in [6.45, 7) is 8.54. The van der Waals surface area contributed by atoms with Gasteiger partial charge < -0.3 is 5.32 Å². The molecular weight excluding hydrogens is 206 g/mol. The zero-order valence-electron chi connectivity index (χ0n) is 10.9. The van der Waals surface area contributed by atoms with Gasteiger partial charge in [-0.3, -0.25) is 4.21 Å². The summed E-state index contributed by atoms with van der Waals surface area (Å²) in [6.07, 6.45) is 4.28. The van der Waals surface area contributed by atoms with Gasteiger partial charge in [0.05, 0.1) is 5.25 Å². The van der Waals surface area contributed by atoms with E-state index in [1.54, 1.807) is 0 Å². The van der Waals surface area contributed by atoms with E-state index in [1.807, 2.05) is 7.05 Å². The van der Waals surface area contributed by atoms with Gasteiger partial charge >= 0.3 is 0 Å². The summed E-state index contributed by atoms with van der Waals surface area (Å²) in [4.78, 5) is 0. The second kappa shape index (κ2) is 8.28. The van der Waals surface area contributed by atoms with Gasteiger partial charge in [0.25, 0.3) is 0 Å². The first-order valence-electron chi connectivity index (χ1n) is 6.18. The summed E-state index contributed by atoms with van der Waals surface area (Å²) in [5.74, 6) is 0. The molecule has 0 aromatic carbocycles. The van der Waals surface area contributed by atoms with Gasteiger partial charge in [0, 0.05) is 22.1 Å². The van der Waals surface area contributed by atoms with Crippen molar-refractivity contribution in [2.75, 3.05) is 7.05 Å². The van der Waals surface area contributed by atoms with Gasteiger partial charge in [-0.1, -0.05) is 34.1 Å². The summed E-state index contributed by atoms with van der Waals surface area (Å²) in [5, 5.41) is 3.95. The van der Waals surface area contributed by atoms with Crippen molar-refractivity contribution in [2.45, 2.75) is 69.9 Å². The van der Waals surface area contributed by atoms with Crippen LogP contribution in [0.4, 0.5) is 0 Å². The summed E-state index contributed by atoms with van der Waals surface area (Å²) < 4.78 is 12.3. The van der Waals surface area contributed by atoms with E-state index < -0.39 is 10.8 Å². The predicted molar refractivity (Wildman–Crippen MR) is 69.7 cm³/mol. The normalized spacial score (nSPS) is 19.5. The van der Waals surface area contributed by atoms with Crippen molar-refractivity contribution in [1.82, 2.24) is 5.32 Å². The molecule has 0 spiro atoms. The van der Waals surface area contributed by atoms with Gasteiger partial charge in [-0.2, -0.15) is 0 Å². The number of hydrogen-bond donors (Lipinski definition) is 1. The van der Waals surface area contributed by atoms with Crippen LogP contribution >= 0.6 is 0 Å². The molecule has 4 atom stereocenters. The first-order chi connectivity index (χ1) is 7.12. The third kappa shape index (κ3) is 4.64. The zero-order chi connectivity index (χ0) is 11.8. The van der Waals surface area contributed by atoms with Crippen molar-refractivity contribution < 1.29 is 4.21 Å². The van der Waals surface area contributed by atoms with Gasteiger partial charge in [0.15, 0.2) is 0 Å². The van der Waals surface area contributed by atoms with E-state index in [0.717, 1.165) is 25.7 Å². The van der Waals surface area contributed by atoms with E-state index in [-0.39, 0.29) is 0 Å². The number of rotatable bonds is 8. The summed E-state index contributed by atoms with van der Waals surface area (Å²) >= 11 is 0. The largest absolute Gasteiger partial charge is 0.316 e. The topological polar surface area (TPSA) is 29.1 Å². The minimum atomic E-state index is -0.697. The summed E-state index contributed by atoms with van der Waals surface area (Å²) in [6, 6.07) is 0.412. The molecule has 0 amide bonds. The zero-order valence-corrected chi connectivity index (χ0v) is 11.7. The lowest BCUT2D eigenvalue weighted by Crippen LogP contribution is -2.42. The number of hydrogen-bond acceptors (Lipinski definition) is 2. The fourth-order valence-corrected chi connectivity index (χ4v) is 3.75. The first kappa shape index (κ1) is 15.1. The molecule has 0 aromatic rings. The summed E-state index contributed by atoms with van der Waals surface area (Å²) in [7, 11) is 1.29. The van der Waals surface area contributed by atoms with Crippen LogP contribution in [-0.2, 0) is 10.8 Å². The van der Waals surface area contributed by atoms with Crippen molar-refractivity contribution in [3.63, 3.8) is 0 Å². The molecule has 4 unspecified atom stereocenters. The Morgan fingerprint density at radius 1 is 1.20 bits per heavy atom. The average Bonchev–Trinajstić information content (AvgIpc) is 2.27. The van der Waals surface area contributed by atoms with Crippen molar-refractivity contribution in [2.24, 2.45) is 0 Å². The molecule has 1 N–H and O–H groups in total. The Morgan fingerprint density at radius 2 is 1.80 bits per heavy atom. The van der Waals surface area contributed by atoms with E-state index >= 15 is 0 Å². The van der Waals surface area contributed by atoms with Crippen LogP contribution < -0.4 is 5.32 Å². The quantitative estimate of drug-likeness (QED) is 0.698. The first-order valence-corrected chi connectivity index (χ1v) is 7.46. The van der Waals surface area contributed by atoms with E-state index in [2.05, 4.69) is 33.0 Å². The van der Waals surface area contributed by atoms with E-state index in [4.69, 9.17) is 0 Å². The lowest BCUT2D eigenvalue weighted by atomic mass is 10.1. The fraction of sp³-hybridized carbons (Fsp3) is 1.00. The molecule has 0 bridgehead atoms. The molecule has 92 valence electrons. The van der Waals surface area contributed by atoms with Crippen molar-refractivity contribution >= 4 is 10.8 Å². The molecule has 15 heavy (non-hydrogen) atoms. The van der Waals surface area contributed by atoms with Crippen LogP contribution in [0.15, 0.2) is 0 Å². The maximum Gasteiger partial charge on any atom is 0.0501 e. The van der Waals surface area contributed by atoms with Gasteiger partial charge in [-0.05, 0) is 26.3 Å². The van der Waals surface area contributed by atoms with E-state index in [1.165, 1.54) is 0 Å². The van der Waals surface area contributed by atoms with Crippen molar-refractivity contribution in [3.05, 3.63) is 0 Å². The summed E-state index contributed by atoms with van der Waals surface area (Å²) in [5.41, 5.74) is 0. The maximum absolute atomic E-state index is 12.3. The molecule has 0 rings (SSSR count). The van der Waals surface area contributed by atoms with Gasteiger partial charge in [-0.25, -0.2) is 0 Å². The van der Waals surface area contributed by atoms with Crippen molar-refractivity contribution in [1.29, 1.82) is 0 Å². The Balaban J connectivity index is 4.49. The van der Waals surface area contributed by atoms with Crippen molar-refractivity contribution in [3.8, 4) is 0 Å². The van der Waals surface area contributed by atoms with E-state index in [0.29, 0.717) is 16.5 Å². The van der Waals surface area contributed by atoms with E-state index in [9.17, 15) is 4.21 Å². The Morgan fingerprint density at radius 3 is 2.13 bits per heavy atom. The SMILES string of the molecule is CCCC(NC)C(CC)S(=O)C(C)CC. The molecule has 0 saturated carbocycles. The Hall–Kier alpha value is 0.110. The van der Waals surface area contributed by atoms with Crippen LogP contribution in [0.5, 0.6) is 0 Å². The minimum Gasteiger partial charge on any atom is -0.316 e. The monoisotopic (exact) mass is 233 g/mol. The average molecular weight is 233 g/mol. The molecule has 0 aliphatic heterocycles. The van der Waals surface area contributed by atoms with Crippen LogP contribution in [0, 0.1) is 0 Å². The Kier molecular flexibility index (Phi) is 8.34. The van der Waals surface area contributed by atoms with Gasteiger partial charge in [-0.15, -0.1) is 0 Å². The van der Waals surface area contributed by atoms with Crippen LogP contribution in [0.2, 0.25) is 0 Å². The molecule has 0 fully saturated rings. The molecule has 2 nitrogen and oxygen atoms in total. The molecule has 0 saturated heterocycles. The highest BCUT2D eigenvalue weighted by Gasteiger charge is 2.26. The third-order valence-electron chi connectivity index (χ3n) is 3.09. The smallest absolute Gasteiger partial charge is 0.0501 e. The molecule has 0 aliphatic rings. The Labute approximate surface area is 97.7 Å². The lowest BCUT2D eigenvalue weighted by molar-refractivity contribution is 0.478. The van der Waals surface area contributed by atoms with Gasteiger partial charge in [0.1, 0.15) is 0 Å².